The lowest BCUT2D eigenvalue weighted by Gasteiger charge is -2.05. The summed E-state index contributed by atoms with van der Waals surface area (Å²) >= 11 is 0. The van der Waals surface area contributed by atoms with Gasteiger partial charge in [0.2, 0.25) is 0 Å². The van der Waals surface area contributed by atoms with Crippen LogP contribution in [0.5, 0.6) is 0 Å². The van der Waals surface area contributed by atoms with E-state index >= 15 is 0 Å². The Balaban J connectivity index is 2.37. The summed E-state index contributed by atoms with van der Waals surface area (Å²) < 4.78 is 0. The zero-order valence-electron chi connectivity index (χ0n) is 5.02. The summed E-state index contributed by atoms with van der Waals surface area (Å²) in [5.74, 6) is 0. The number of hydrogen-bond acceptors (Lipinski definition) is 2. The van der Waals surface area contributed by atoms with Gasteiger partial charge < -0.3 is 5.32 Å². The van der Waals surface area contributed by atoms with Crippen molar-refractivity contribution in [3.63, 3.8) is 0 Å². The molecule has 0 saturated heterocycles. The first-order valence-corrected chi connectivity index (χ1v) is 3.07. The highest BCUT2D eigenvalue weighted by molar-refractivity contribution is 5.64. The van der Waals surface area contributed by atoms with Gasteiger partial charge in [0, 0.05) is 11.9 Å². The largest absolute Gasteiger partial charge is 0.337 e. The van der Waals surface area contributed by atoms with Gasteiger partial charge in [0.05, 0.1) is 0 Å². The summed E-state index contributed by atoms with van der Waals surface area (Å²) in [6.07, 6.45) is 9.01. The molecule has 2 nitrogen and oxygen atoms in total. The molecule has 1 aliphatic heterocycles. The fraction of sp³-hybridized carbons (Fsp3) is 0.286. The molecular weight excluding hydrogens is 112 g/mol. The van der Waals surface area contributed by atoms with E-state index in [0.29, 0.717) is 0 Å². The maximum atomic E-state index is 3.86. The van der Waals surface area contributed by atoms with E-state index < -0.39 is 0 Å². The van der Waals surface area contributed by atoms with E-state index in [1.165, 1.54) is 11.3 Å². The molecule has 9 heavy (non-hydrogen) atoms. The van der Waals surface area contributed by atoms with Gasteiger partial charge in [-0.2, -0.15) is 0 Å². The lowest BCUT2D eigenvalue weighted by atomic mass is 10.2. The average molecular weight is 119 g/mol. The third-order valence-electron chi connectivity index (χ3n) is 1.58. The van der Waals surface area contributed by atoms with Crippen LogP contribution in [0.3, 0.4) is 0 Å². The van der Waals surface area contributed by atoms with Gasteiger partial charge in [0.25, 0.3) is 0 Å². The summed E-state index contributed by atoms with van der Waals surface area (Å²) in [7, 11) is 0. The summed E-state index contributed by atoms with van der Waals surface area (Å²) in [5, 5.41) is 2.96. The summed E-state index contributed by atoms with van der Waals surface area (Å²) in [6.45, 7) is 0. The van der Waals surface area contributed by atoms with Crippen molar-refractivity contribution < 1.29 is 0 Å². The van der Waals surface area contributed by atoms with Crippen LogP contribution in [0.4, 0.5) is 0 Å². The van der Waals surface area contributed by atoms with Crippen molar-refractivity contribution in [1.29, 1.82) is 0 Å². The van der Waals surface area contributed by atoms with Gasteiger partial charge in [-0.1, -0.05) is 6.08 Å². The van der Waals surface area contributed by atoms with E-state index in [1.807, 2.05) is 6.20 Å². The third-order valence-corrected chi connectivity index (χ3v) is 1.58. The molecule has 0 unspecified atom stereocenters. The van der Waals surface area contributed by atoms with Crippen LogP contribution in [0.25, 0.3) is 0 Å². The summed E-state index contributed by atoms with van der Waals surface area (Å²) in [4.78, 5) is 3.86. The van der Waals surface area contributed by atoms with Gasteiger partial charge in [-0.15, -0.1) is 0 Å². The summed E-state index contributed by atoms with van der Waals surface area (Å²) in [5.41, 5.74) is 2.51. The number of nitrogens with one attached hydrogen (secondary N) is 1. The predicted molar refractivity (Wildman–Crippen MR) is 36.0 cm³/mol. The number of hydrogen-bond donors (Lipinski definition) is 1. The second-order valence-electron chi connectivity index (χ2n) is 2.18. The maximum absolute atomic E-state index is 3.86. The van der Waals surface area contributed by atoms with Gasteiger partial charge in [-0.25, -0.2) is 4.99 Å². The molecule has 0 bridgehead atoms. The lowest BCUT2D eigenvalue weighted by molar-refractivity contribution is 1.03. The molecule has 1 heterocycles. The first-order chi connectivity index (χ1) is 4.47. The second kappa shape index (κ2) is 1.72. The third kappa shape index (κ3) is 0.669. The fourth-order valence-corrected chi connectivity index (χ4v) is 1.11. The molecule has 0 fully saturated rings. The minimum absolute atomic E-state index is 1.13. The topological polar surface area (TPSA) is 24.4 Å². The normalized spacial score (nSPS) is 22.2. The van der Waals surface area contributed by atoms with Gasteiger partial charge in [0.1, 0.15) is 0 Å². The molecule has 1 aliphatic carbocycles. The van der Waals surface area contributed by atoms with Crippen molar-refractivity contribution >= 4 is 6.34 Å². The van der Waals surface area contributed by atoms with E-state index in [2.05, 4.69) is 22.7 Å². The molecule has 1 N–H and O–H groups in total. The van der Waals surface area contributed by atoms with Crippen molar-refractivity contribution in [2.45, 2.75) is 12.8 Å². The van der Waals surface area contributed by atoms with Crippen LogP contribution in [0.1, 0.15) is 12.8 Å². The first kappa shape index (κ1) is 4.79. The number of rotatable bonds is 0. The second-order valence-corrected chi connectivity index (χ2v) is 2.18. The molecule has 0 aromatic heterocycles. The minimum atomic E-state index is 1.13. The highest BCUT2D eigenvalue weighted by Gasteiger charge is 2.11. The first-order valence-electron chi connectivity index (χ1n) is 3.07. The standard InChI is InChI=1S/C7H7N2/c1-2-6-4-8-5-9-7(6)3-1/h3-4H,1-2H2,(H,8,9). The Morgan fingerprint density at radius 1 is 1.67 bits per heavy atom. The zero-order valence-corrected chi connectivity index (χ0v) is 5.02. The molecule has 0 spiro atoms. The van der Waals surface area contributed by atoms with Crippen LogP contribution in [-0.4, -0.2) is 6.34 Å². The Labute approximate surface area is 54.0 Å². The molecule has 0 saturated carbocycles. The minimum Gasteiger partial charge on any atom is -0.337 e. The highest BCUT2D eigenvalue weighted by atomic mass is 15.0. The number of aliphatic imine (C=N–C) groups is 1. The molecule has 1 radical (unpaired) electrons. The number of allylic oxidation sites excluding steroid dienone is 2. The molecule has 0 amide bonds. The smallest absolute Gasteiger partial charge is 0.173 e. The zero-order chi connectivity index (χ0) is 6.10. The van der Waals surface area contributed by atoms with Crippen LogP contribution >= 0.6 is 0 Å². The van der Waals surface area contributed by atoms with Crippen LogP contribution in [0, 0.1) is 0 Å². The molecule has 0 aromatic rings. The molecule has 2 aliphatic rings. The Morgan fingerprint density at radius 3 is 3.56 bits per heavy atom. The van der Waals surface area contributed by atoms with Gasteiger partial charge in [-0.3, -0.25) is 0 Å². The molecule has 0 atom stereocenters. The number of nitrogens with zero attached hydrogens (tertiary/aromatic N) is 1. The highest BCUT2D eigenvalue weighted by Crippen LogP contribution is 2.23. The van der Waals surface area contributed by atoms with Crippen LogP contribution in [0.2, 0.25) is 0 Å². The molecule has 2 rings (SSSR count). The lowest BCUT2D eigenvalue weighted by Crippen LogP contribution is -2.12. The molecule has 45 valence electrons. The number of fused-ring (bicyclic) bond motifs is 1. The maximum Gasteiger partial charge on any atom is 0.173 e. The molecule has 2 heteroatoms. The fourth-order valence-electron chi connectivity index (χ4n) is 1.11. The Morgan fingerprint density at radius 2 is 2.67 bits per heavy atom. The Hall–Kier alpha value is -1.05. The van der Waals surface area contributed by atoms with Crippen molar-refractivity contribution in [2.75, 3.05) is 0 Å². The van der Waals surface area contributed by atoms with E-state index in [1.54, 1.807) is 0 Å². The van der Waals surface area contributed by atoms with Crippen LogP contribution in [0.15, 0.2) is 28.5 Å². The quantitative estimate of drug-likeness (QED) is 0.506. The van der Waals surface area contributed by atoms with E-state index in [9.17, 15) is 0 Å². The Bertz CT molecular complexity index is 211. The molecule has 0 aromatic carbocycles. The average Bonchev–Trinajstić information content (AvgIpc) is 2.33. The Kier molecular flexibility index (Phi) is 0.918. The van der Waals surface area contributed by atoms with Gasteiger partial charge in [0.15, 0.2) is 6.34 Å². The van der Waals surface area contributed by atoms with Gasteiger partial charge >= 0.3 is 0 Å². The monoisotopic (exact) mass is 119 g/mol. The van der Waals surface area contributed by atoms with E-state index in [0.717, 1.165) is 12.8 Å². The van der Waals surface area contributed by atoms with E-state index in [-0.39, 0.29) is 0 Å². The van der Waals surface area contributed by atoms with Crippen LogP contribution in [-0.2, 0) is 0 Å². The summed E-state index contributed by atoms with van der Waals surface area (Å²) in [6, 6.07) is 0. The van der Waals surface area contributed by atoms with Crippen molar-refractivity contribution in [3.05, 3.63) is 23.5 Å². The van der Waals surface area contributed by atoms with Gasteiger partial charge in [-0.05, 0) is 18.4 Å². The van der Waals surface area contributed by atoms with Crippen LogP contribution < -0.4 is 5.32 Å². The van der Waals surface area contributed by atoms with Crippen molar-refractivity contribution in [1.82, 2.24) is 5.32 Å². The van der Waals surface area contributed by atoms with Crippen molar-refractivity contribution in [3.8, 4) is 0 Å². The predicted octanol–water partition coefficient (Wildman–Crippen LogP) is 1.06. The SMILES string of the molecule is [C]1=NC=C2CCC=C2N1. The van der Waals surface area contributed by atoms with Crippen molar-refractivity contribution in [2.24, 2.45) is 4.99 Å². The molecular formula is C7H7N2. The van der Waals surface area contributed by atoms with E-state index in [4.69, 9.17) is 0 Å².